The Morgan fingerprint density at radius 2 is 2.37 bits per heavy atom. The summed E-state index contributed by atoms with van der Waals surface area (Å²) in [7, 11) is 1.85. The number of rotatable bonds is 6. The molecule has 0 aliphatic rings. The van der Waals surface area contributed by atoms with Gasteiger partial charge < -0.3 is 5.11 Å². The van der Waals surface area contributed by atoms with Gasteiger partial charge in [0, 0.05) is 11.4 Å². The molecule has 0 aliphatic heterocycles. The Kier molecular flexibility index (Phi) is 4.68. The van der Waals surface area contributed by atoms with Gasteiger partial charge in [0.1, 0.15) is 6.04 Å². The SMILES string of the molecule is Cc1ncsc1CCN(C)[C@@H](C(=O)O)c1ccsc1. The van der Waals surface area contributed by atoms with Crippen LogP contribution in [0.15, 0.2) is 22.3 Å². The summed E-state index contributed by atoms with van der Waals surface area (Å²) in [5.41, 5.74) is 3.72. The van der Waals surface area contributed by atoms with Crippen LogP contribution in [0.2, 0.25) is 0 Å². The minimum atomic E-state index is -0.804. The number of carbonyl (C=O) groups is 1. The lowest BCUT2D eigenvalue weighted by molar-refractivity contribution is -0.143. The molecule has 2 aromatic rings. The lowest BCUT2D eigenvalue weighted by atomic mass is 10.1. The number of likely N-dealkylation sites (N-methyl/N-ethyl adjacent to an activating group) is 1. The van der Waals surface area contributed by atoms with Gasteiger partial charge in [-0.2, -0.15) is 11.3 Å². The maximum atomic E-state index is 11.4. The maximum Gasteiger partial charge on any atom is 0.325 e. The highest BCUT2D eigenvalue weighted by Crippen LogP contribution is 2.23. The summed E-state index contributed by atoms with van der Waals surface area (Å²) in [6, 6.07) is 1.30. The largest absolute Gasteiger partial charge is 0.480 e. The lowest BCUT2D eigenvalue weighted by Gasteiger charge is -2.23. The van der Waals surface area contributed by atoms with Crippen LogP contribution in [0.5, 0.6) is 0 Å². The van der Waals surface area contributed by atoms with Gasteiger partial charge in [-0.05, 0) is 42.8 Å². The van der Waals surface area contributed by atoms with Crippen molar-refractivity contribution in [3.63, 3.8) is 0 Å². The molecule has 2 aromatic heterocycles. The number of hydrogen-bond donors (Lipinski definition) is 1. The van der Waals surface area contributed by atoms with E-state index in [9.17, 15) is 9.90 Å². The highest BCUT2D eigenvalue weighted by Gasteiger charge is 2.24. The van der Waals surface area contributed by atoms with Crippen LogP contribution in [0.25, 0.3) is 0 Å². The number of thiophene rings is 1. The molecule has 19 heavy (non-hydrogen) atoms. The van der Waals surface area contributed by atoms with Crippen LogP contribution in [-0.2, 0) is 11.2 Å². The Bertz CT molecular complexity index is 537. The maximum absolute atomic E-state index is 11.4. The van der Waals surface area contributed by atoms with Gasteiger partial charge in [0.15, 0.2) is 0 Å². The molecule has 0 aliphatic carbocycles. The monoisotopic (exact) mass is 296 g/mol. The summed E-state index contributed by atoms with van der Waals surface area (Å²) in [4.78, 5) is 18.7. The third kappa shape index (κ3) is 3.40. The Hall–Kier alpha value is -1.24. The smallest absolute Gasteiger partial charge is 0.325 e. The van der Waals surface area contributed by atoms with Gasteiger partial charge in [-0.1, -0.05) is 0 Å². The van der Waals surface area contributed by atoms with Crippen LogP contribution in [0.3, 0.4) is 0 Å². The molecular weight excluding hydrogens is 280 g/mol. The summed E-state index contributed by atoms with van der Waals surface area (Å²) < 4.78 is 0. The standard InChI is InChI=1S/C13H16N2O2S2/c1-9-11(19-8-14-9)3-5-15(2)12(13(16)17)10-4-6-18-7-10/h4,6-8,12H,3,5H2,1-2H3,(H,16,17)/t12-/m1/s1. The van der Waals surface area contributed by atoms with E-state index in [0.29, 0.717) is 6.54 Å². The van der Waals surface area contributed by atoms with E-state index < -0.39 is 12.0 Å². The predicted octanol–water partition coefficient (Wildman–Crippen LogP) is 2.81. The first kappa shape index (κ1) is 14.2. The van der Waals surface area contributed by atoms with E-state index in [2.05, 4.69) is 4.98 Å². The number of carboxylic acid groups (broad SMARTS) is 1. The van der Waals surface area contributed by atoms with E-state index in [1.807, 2.05) is 41.2 Å². The van der Waals surface area contributed by atoms with E-state index in [1.54, 1.807) is 11.3 Å². The topological polar surface area (TPSA) is 53.4 Å². The molecule has 0 saturated heterocycles. The third-order valence-corrected chi connectivity index (χ3v) is 4.77. The van der Waals surface area contributed by atoms with Gasteiger partial charge in [-0.3, -0.25) is 9.69 Å². The summed E-state index contributed by atoms with van der Waals surface area (Å²) in [5, 5.41) is 13.2. The van der Waals surface area contributed by atoms with E-state index >= 15 is 0 Å². The molecule has 0 fully saturated rings. The van der Waals surface area contributed by atoms with Crippen LogP contribution in [0, 0.1) is 6.92 Å². The molecule has 6 heteroatoms. The Morgan fingerprint density at radius 3 is 2.89 bits per heavy atom. The molecule has 0 radical (unpaired) electrons. The number of hydrogen-bond acceptors (Lipinski definition) is 5. The fraction of sp³-hybridized carbons (Fsp3) is 0.385. The first-order valence-electron chi connectivity index (χ1n) is 5.93. The fourth-order valence-electron chi connectivity index (χ4n) is 1.99. The number of carboxylic acids is 1. The second-order valence-corrected chi connectivity index (χ2v) is 6.11. The summed E-state index contributed by atoms with van der Waals surface area (Å²) in [6.07, 6.45) is 0.834. The Balaban J connectivity index is 2.03. The van der Waals surface area contributed by atoms with E-state index in [1.165, 1.54) is 16.2 Å². The first-order valence-corrected chi connectivity index (χ1v) is 7.76. The van der Waals surface area contributed by atoms with Crippen molar-refractivity contribution in [3.8, 4) is 0 Å². The average Bonchev–Trinajstić information content (AvgIpc) is 2.98. The zero-order valence-electron chi connectivity index (χ0n) is 10.9. The van der Waals surface area contributed by atoms with Crippen molar-refractivity contribution in [1.29, 1.82) is 0 Å². The van der Waals surface area contributed by atoms with Crippen LogP contribution < -0.4 is 0 Å². The molecule has 1 atom stereocenters. The first-order chi connectivity index (χ1) is 9.09. The second kappa shape index (κ2) is 6.27. The molecule has 2 heterocycles. The zero-order chi connectivity index (χ0) is 13.8. The highest BCUT2D eigenvalue weighted by atomic mass is 32.1. The van der Waals surface area contributed by atoms with Gasteiger partial charge in [0.25, 0.3) is 0 Å². The normalized spacial score (nSPS) is 12.8. The van der Waals surface area contributed by atoms with Crippen LogP contribution in [0.4, 0.5) is 0 Å². The number of aromatic nitrogens is 1. The number of thiazole rings is 1. The van der Waals surface area contributed by atoms with Gasteiger partial charge in [-0.15, -0.1) is 11.3 Å². The molecule has 0 aromatic carbocycles. The van der Waals surface area contributed by atoms with Crippen molar-refractivity contribution in [2.45, 2.75) is 19.4 Å². The number of nitrogens with zero attached hydrogens (tertiary/aromatic N) is 2. The molecule has 0 amide bonds. The van der Waals surface area contributed by atoms with Crippen molar-refractivity contribution in [2.24, 2.45) is 0 Å². The van der Waals surface area contributed by atoms with Crippen molar-refractivity contribution in [3.05, 3.63) is 38.5 Å². The predicted molar refractivity (Wildman–Crippen MR) is 77.9 cm³/mol. The molecule has 0 saturated carbocycles. The zero-order valence-corrected chi connectivity index (χ0v) is 12.5. The van der Waals surface area contributed by atoms with Crippen molar-refractivity contribution >= 4 is 28.6 Å². The third-order valence-electron chi connectivity index (χ3n) is 3.07. The molecular formula is C13H16N2O2S2. The molecule has 2 rings (SSSR count). The molecule has 4 nitrogen and oxygen atoms in total. The molecule has 0 unspecified atom stereocenters. The van der Waals surface area contributed by atoms with Gasteiger partial charge in [-0.25, -0.2) is 4.98 Å². The molecule has 0 spiro atoms. The average molecular weight is 296 g/mol. The highest BCUT2D eigenvalue weighted by molar-refractivity contribution is 7.09. The summed E-state index contributed by atoms with van der Waals surface area (Å²) in [5.74, 6) is -0.804. The van der Waals surface area contributed by atoms with Crippen LogP contribution >= 0.6 is 22.7 Å². The van der Waals surface area contributed by atoms with E-state index in [-0.39, 0.29) is 0 Å². The van der Waals surface area contributed by atoms with Crippen LogP contribution in [-0.4, -0.2) is 34.6 Å². The van der Waals surface area contributed by atoms with Crippen molar-refractivity contribution < 1.29 is 9.90 Å². The minimum Gasteiger partial charge on any atom is -0.480 e. The fourth-order valence-corrected chi connectivity index (χ4v) is 3.44. The van der Waals surface area contributed by atoms with Gasteiger partial charge >= 0.3 is 5.97 Å². The number of aliphatic carboxylic acids is 1. The lowest BCUT2D eigenvalue weighted by Crippen LogP contribution is -2.32. The van der Waals surface area contributed by atoms with Gasteiger partial charge in [0.05, 0.1) is 11.2 Å². The van der Waals surface area contributed by atoms with Crippen LogP contribution in [0.1, 0.15) is 22.2 Å². The number of aryl methyl sites for hydroxylation is 1. The Morgan fingerprint density at radius 1 is 1.58 bits per heavy atom. The Labute approximate surface area is 120 Å². The van der Waals surface area contributed by atoms with Crippen molar-refractivity contribution in [2.75, 3.05) is 13.6 Å². The second-order valence-electron chi connectivity index (χ2n) is 4.39. The molecule has 1 N–H and O–H groups in total. The molecule has 102 valence electrons. The summed E-state index contributed by atoms with van der Waals surface area (Å²) in [6.45, 7) is 2.69. The molecule has 0 bridgehead atoms. The van der Waals surface area contributed by atoms with Crippen molar-refractivity contribution in [1.82, 2.24) is 9.88 Å². The van der Waals surface area contributed by atoms with Gasteiger partial charge in [0.2, 0.25) is 0 Å². The van der Waals surface area contributed by atoms with E-state index in [4.69, 9.17) is 0 Å². The van der Waals surface area contributed by atoms with E-state index in [0.717, 1.165) is 17.7 Å². The summed E-state index contributed by atoms with van der Waals surface area (Å²) >= 11 is 3.15. The quantitative estimate of drug-likeness (QED) is 0.890. The minimum absolute atomic E-state index is 0.570.